The average molecular weight is 301 g/mol. The van der Waals surface area contributed by atoms with Crippen LogP contribution < -0.4 is 5.73 Å². The lowest BCUT2D eigenvalue weighted by Crippen LogP contribution is -2.22. The molecule has 3 nitrogen and oxygen atoms in total. The van der Waals surface area contributed by atoms with Crippen LogP contribution >= 0.6 is 11.8 Å². The predicted molar refractivity (Wildman–Crippen MR) is 89.5 cm³/mol. The van der Waals surface area contributed by atoms with Crippen LogP contribution in [0, 0.1) is 13.8 Å². The number of aryl methyl sites for hydroxylation is 2. The largest absolute Gasteiger partial charge is 0.327 e. The lowest BCUT2D eigenvalue weighted by Gasteiger charge is -2.10. The van der Waals surface area contributed by atoms with E-state index in [1.807, 2.05) is 13.0 Å². The van der Waals surface area contributed by atoms with Gasteiger partial charge in [0.05, 0.1) is 5.75 Å². The monoisotopic (exact) mass is 301 g/mol. The number of thioether (sulfide) groups is 1. The van der Waals surface area contributed by atoms with Crippen LogP contribution in [0.3, 0.4) is 0 Å². The fourth-order valence-corrected chi connectivity index (χ4v) is 3.00. The topological polar surface area (TPSA) is 51.8 Å². The Balaban J connectivity index is 2.06. The minimum absolute atomic E-state index is 0.177. The van der Waals surface area contributed by atoms with E-state index in [1.54, 1.807) is 11.8 Å². The van der Waals surface area contributed by atoms with Crippen molar-refractivity contribution in [1.29, 1.82) is 0 Å². The fourth-order valence-electron chi connectivity index (χ4n) is 2.14. The second-order valence-corrected chi connectivity index (χ2v) is 6.44. The Morgan fingerprint density at radius 1 is 1.19 bits per heavy atom. The van der Waals surface area contributed by atoms with Crippen molar-refractivity contribution in [1.82, 2.24) is 9.97 Å². The van der Waals surface area contributed by atoms with Gasteiger partial charge in [0.2, 0.25) is 0 Å². The lowest BCUT2D eigenvalue weighted by molar-refractivity contribution is 0.633. The molecule has 1 unspecified atom stereocenters. The zero-order valence-electron chi connectivity index (χ0n) is 13.0. The number of benzene rings is 1. The summed E-state index contributed by atoms with van der Waals surface area (Å²) in [4.78, 5) is 10.4. The first-order valence-electron chi connectivity index (χ1n) is 7.35. The molecule has 1 heterocycles. The summed E-state index contributed by atoms with van der Waals surface area (Å²) in [5, 5.41) is 0. The molecular formula is C17H23N3S. The highest BCUT2D eigenvalue weighted by Crippen LogP contribution is 2.22. The quantitative estimate of drug-likeness (QED) is 0.827. The Morgan fingerprint density at radius 2 is 2.00 bits per heavy atom. The summed E-state index contributed by atoms with van der Waals surface area (Å²) < 4.78 is 0. The van der Waals surface area contributed by atoms with Crippen LogP contribution in [0.4, 0.5) is 0 Å². The van der Waals surface area contributed by atoms with Crippen LogP contribution in [0.5, 0.6) is 0 Å². The Labute approximate surface area is 131 Å². The highest BCUT2D eigenvalue weighted by Gasteiger charge is 2.07. The van der Waals surface area contributed by atoms with Crippen molar-refractivity contribution < 1.29 is 0 Å². The molecule has 0 aliphatic heterocycles. The van der Waals surface area contributed by atoms with E-state index in [4.69, 9.17) is 5.73 Å². The minimum atomic E-state index is 0.177. The van der Waals surface area contributed by atoms with E-state index in [9.17, 15) is 0 Å². The van der Waals surface area contributed by atoms with E-state index in [1.165, 1.54) is 10.5 Å². The maximum Gasteiger partial charge on any atom is 0.139 e. The maximum atomic E-state index is 6.02. The fraction of sp³-hybridized carbons (Fsp3) is 0.412. The predicted octanol–water partition coefficient (Wildman–Crippen LogP) is 3.67. The number of hydrogen-bond acceptors (Lipinski definition) is 4. The van der Waals surface area contributed by atoms with E-state index in [0.717, 1.165) is 35.8 Å². The molecule has 2 aromatic rings. The van der Waals surface area contributed by atoms with Crippen molar-refractivity contribution in [3.05, 3.63) is 53.1 Å². The summed E-state index contributed by atoms with van der Waals surface area (Å²) in [6.45, 7) is 6.23. The zero-order valence-corrected chi connectivity index (χ0v) is 13.8. The van der Waals surface area contributed by atoms with Crippen molar-refractivity contribution in [2.75, 3.05) is 0 Å². The van der Waals surface area contributed by atoms with E-state index >= 15 is 0 Å². The molecule has 1 atom stereocenters. The maximum absolute atomic E-state index is 6.02. The summed E-state index contributed by atoms with van der Waals surface area (Å²) >= 11 is 1.77. The highest BCUT2D eigenvalue weighted by atomic mass is 32.2. The molecular weight excluding hydrogens is 278 g/mol. The highest BCUT2D eigenvalue weighted by molar-refractivity contribution is 7.98. The van der Waals surface area contributed by atoms with E-state index < -0.39 is 0 Å². The van der Waals surface area contributed by atoms with Crippen molar-refractivity contribution in [3.8, 4) is 0 Å². The first-order valence-corrected chi connectivity index (χ1v) is 8.34. The molecule has 0 bridgehead atoms. The molecule has 0 radical (unpaired) electrons. The molecule has 0 aliphatic carbocycles. The van der Waals surface area contributed by atoms with Crippen LogP contribution in [0.1, 0.15) is 36.1 Å². The summed E-state index contributed by atoms with van der Waals surface area (Å²) in [6, 6.07) is 10.7. The van der Waals surface area contributed by atoms with Crippen LogP contribution in [-0.4, -0.2) is 16.0 Å². The van der Waals surface area contributed by atoms with Gasteiger partial charge in [-0.1, -0.05) is 24.6 Å². The molecule has 2 rings (SSSR count). The molecule has 21 heavy (non-hydrogen) atoms. The van der Waals surface area contributed by atoms with Gasteiger partial charge in [-0.3, -0.25) is 0 Å². The average Bonchev–Trinajstić information content (AvgIpc) is 2.44. The van der Waals surface area contributed by atoms with Gasteiger partial charge < -0.3 is 5.73 Å². The SMILES string of the molecule is CCC(N)Cc1cc(C)nc(CSc2cccc(C)c2)n1. The number of hydrogen-bond donors (Lipinski definition) is 1. The van der Waals surface area contributed by atoms with Gasteiger partial charge in [-0.2, -0.15) is 0 Å². The summed E-state index contributed by atoms with van der Waals surface area (Å²) in [5.74, 6) is 1.68. The third-order valence-electron chi connectivity index (χ3n) is 3.31. The summed E-state index contributed by atoms with van der Waals surface area (Å²) in [7, 11) is 0. The molecule has 4 heteroatoms. The number of nitrogens with two attached hydrogens (primary N) is 1. The standard InChI is InChI=1S/C17H23N3S/c1-4-14(18)10-15-9-13(3)19-17(20-15)11-21-16-7-5-6-12(2)8-16/h5-9,14H,4,10-11,18H2,1-3H3. The molecule has 0 fully saturated rings. The number of aromatic nitrogens is 2. The Morgan fingerprint density at radius 3 is 2.71 bits per heavy atom. The van der Waals surface area contributed by atoms with Gasteiger partial charge in [-0.05, 0) is 38.5 Å². The third kappa shape index (κ3) is 5.14. The van der Waals surface area contributed by atoms with Crippen molar-refractivity contribution in [3.63, 3.8) is 0 Å². The van der Waals surface area contributed by atoms with Gasteiger partial charge >= 0.3 is 0 Å². The van der Waals surface area contributed by atoms with E-state index in [2.05, 4.69) is 48.1 Å². The molecule has 0 amide bonds. The molecule has 1 aromatic heterocycles. The van der Waals surface area contributed by atoms with E-state index in [0.29, 0.717) is 0 Å². The smallest absolute Gasteiger partial charge is 0.139 e. The normalized spacial score (nSPS) is 12.4. The second-order valence-electron chi connectivity index (χ2n) is 5.39. The van der Waals surface area contributed by atoms with Gasteiger partial charge in [0.1, 0.15) is 5.82 Å². The van der Waals surface area contributed by atoms with Gasteiger partial charge in [0.15, 0.2) is 0 Å². The molecule has 0 spiro atoms. The zero-order chi connectivity index (χ0) is 15.2. The second kappa shape index (κ2) is 7.57. The minimum Gasteiger partial charge on any atom is -0.327 e. The summed E-state index contributed by atoms with van der Waals surface area (Å²) in [5.41, 5.74) is 9.37. The van der Waals surface area contributed by atoms with Gasteiger partial charge in [0, 0.05) is 28.7 Å². The molecule has 2 N–H and O–H groups in total. The summed E-state index contributed by atoms with van der Waals surface area (Å²) in [6.07, 6.45) is 1.79. The molecule has 0 saturated carbocycles. The Bertz CT molecular complexity index is 598. The Hall–Kier alpha value is -1.39. The van der Waals surface area contributed by atoms with Crippen molar-refractivity contribution >= 4 is 11.8 Å². The van der Waals surface area contributed by atoms with Crippen LogP contribution in [0.25, 0.3) is 0 Å². The number of nitrogens with zero attached hydrogens (tertiary/aromatic N) is 2. The number of rotatable bonds is 6. The first-order chi connectivity index (χ1) is 10.1. The van der Waals surface area contributed by atoms with Crippen molar-refractivity contribution in [2.24, 2.45) is 5.73 Å². The molecule has 0 saturated heterocycles. The third-order valence-corrected chi connectivity index (χ3v) is 4.30. The lowest BCUT2D eigenvalue weighted by atomic mass is 10.1. The van der Waals surface area contributed by atoms with Gasteiger partial charge in [0.25, 0.3) is 0 Å². The van der Waals surface area contributed by atoms with E-state index in [-0.39, 0.29) is 6.04 Å². The molecule has 0 aliphatic rings. The van der Waals surface area contributed by atoms with Crippen LogP contribution in [0.15, 0.2) is 35.2 Å². The first kappa shape index (κ1) is 16.0. The molecule has 112 valence electrons. The van der Waals surface area contributed by atoms with Crippen molar-refractivity contribution in [2.45, 2.75) is 50.3 Å². The Kier molecular flexibility index (Phi) is 5.76. The van der Waals surface area contributed by atoms with Gasteiger partial charge in [-0.25, -0.2) is 9.97 Å². The van der Waals surface area contributed by atoms with Gasteiger partial charge in [-0.15, -0.1) is 11.8 Å². The van der Waals surface area contributed by atoms with Crippen LogP contribution in [0.2, 0.25) is 0 Å². The van der Waals surface area contributed by atoms with Crippen LogP contribution in [-0.2, 0) is 12.2 Å². The molecule has 1 aromatic carbocycles.